The van der Waals surface area contributed by atoms with Gasteiger partial charge in [0.15, 0.2) is 0 Å². The van der Waals surface area contributed by atoms with Crippen LogP contribution in [0.1, 0.15) is 31.9 Å². The van der Waals surface area contributed by atoms with Crippen LogP contribution in [0.2, 0.25) is 0 Å². The molecule has 1 aromatic heterocycles. The van der Waals surface area contributed by atoms with E-state index in [9.17, 15) is 4.79 Å². The highest BCUT2D eigenvalue weighted by atomic mass is 16.4. The van der Waals surface area contributed by atoms with Gasteiger partial charge in [-0.15, -0.1) is 0 Å². The van der Waals surface area contributed by atoms with Gasteiger partial charge in [-0.1, -0.05) is 6.92 Å². The van der Waals surface area contributed by atoms with Crippen LogP contribution in [0.25, 0.3) is 0 Å². The van der Waals surface area contributed by atoms with Crippen molar-refractivity contribution in [2.75, 3.05) is 18.0 Å². The van der Waals surface area contributed by atoms with Crippen LogP contribution >= 0.6 is 0 Å². The normalized spacial score (nSPS) is 19.2. The molecule has 0 aromatic carbocycles. The van der Waals surface area contributed by atoms with Crippen molar-refractivity contribution in [1.29, 1.82) is 0 Å². The number of hydrogen-bond donors (Lipinski definition) is 1. The lowest BCUT2D eigenvalue weighted by Gasteiger charge is -2.17. The van der Waals surface area contributed by atoms with Crippen molar-refractivity contribution < 1.29 is 9.90 Å². The first-order valence-corrected chi connectivity index (χ1v) is 6.46. The van der Waals surface area contributed by atoms with E-state index in [1.807, 2.05) is 6.07 Å². The molecule has 0 spiro atoms. The number of hydrogen-bond acceptors (Lipinski definition) is 4. The number of aliphatic carboxylic acids is 1. The Hall–Kier alpha value is -1.65. The highest BCUT2D eigenvalue weighted by molar-refractivity contribution is 5.66. The molecule has 1 aliphatic rings. The molecule has 0 radical (unpaired) electrons. The molecule has 98 valence electrons. The van der Waals surface area contributed by atoms with Crippen molar-refractivity contribution in [2.24, 2.45) is 5.92 Å². The molecule has 1 aromatic rings. The first kappa shape index (κ1) is 12.8. The monoisotopic (exact) mass is 249 g/mol. The van der Waals surface area contributed by atoms with Gasteiger partial charge in [0, 0.05) is 31.3 Å². The van der Waals surface area contributed by atoms with Gasteiger partial charge in [0.2, 0.25) is 0 Å². The Morgan fingerprint density at radius 1 is 1.56 bits per heavy atom. The van der Waals surface area contributed by atoms with Crippen molar-refractivity contribution in [2.45, 2.75) is 32.6 Å². The van der Waals surface area contributed by atoms with Crippen LogP contribution in [0.15, 0.2) is 12.4 Å². The van der Waals surface area contributed by atoms with E-state index in [1.54, 1.807) is 6.33 Å². The van der Waals surface area contributed by atoms with E-state index in [0.717, 1.165) is 43.9 Å². The molecule has 1 unspecified atom stereocenters. The van der Waals surface area contributed by atoms with Gasteiger partial charge in [-0.2, -0.15) is 0 Å². The average molecular weight is 249 g/mol. The maximum Gasteiger partial charge on any atom is 0.303 e. The van der Waals surface area contributed by atoms with Crippen molar-refractivity contribution >= 4 is 11.8 Å². The lowest BCUT2D eigenvalue weighted by atomic mass is 10.0. The number of anilines is 1. The molecule has 0 amide bonds. The fraction of sp³-hybridized carbons (Fsp3) is 0.615. The highest BCUT2D eigenvalue weighted by Gasteiger charge is 2.23. The molecule has 0 saturated carbocycles. The first-order valence-electron chi connectivity index (χ1n) is 6.46. The summed E-state index contributed by atoms with van der Waals surface area (Å²) >= 11 is 0. The van der Waals surface area contributed by atoms with E-state index in [1.165, 1.54) is 0 Å². The number of carboxylic acids is 1. The molecular weight excluding hydrogens is 230 g/mol. The molecule has 1 atom stereocenters. The Bertz CT molecular complexity index is 422. The van der Waals surface area contributed by atoms with Crippen molar-refractivity contribution in [1.82, 2.24) is 9.97 Å². The summed E-state index contributed by atoms with van der Waals surface area (Å²) in [5.74, 6) is 0.740. The lowest BCUT2D eigenvalue weighted by Crippen LogP contribution is -2.21. The summed E-state index contributed by atoms with van der Waals surface area (Å²) in [5.41, 5.74) is 1.05. The maximum absolute atomic E-state index is 10.6. The Balaban J connectivity index is 1.93. The third-order valence-electron chi connectivity index (χ3n) is 3.45. The third kappa shape index (κ3) is 3.18. The predicted octanol–water partition coefficient (Wildman–Crippen LogP) is 1.73. The second kappa shape index (κ2) is 5.80. The average Bonchev–Trinajstić information content (AvgIpc) is 2.85. The minimum atomic E-state index is -0.705. The summed E-state index contributed by atoms with van der Waals surface area (Å²) in [6.45, 7) is 3.95. The molecule has 1 saturated heterocycles. The van der Waals surface area contributed by atoms with Crippen LogP contribution in [-0.4, -0.2) is 34.1 Å². The predicted molar refractivity (Wildman–Crippen MR) is 68.6 cm³/mol. The van der Waals surface area contributed by atoms with E-state index < -0.39 is 5.97 Å². The largest absolute Gasteiger partial charge is 0.481 e. The number of carboxylic acid groups (broad SMARTS) is 1. The van der Waals surface area contributed by atoms with E-state index in [-0.39, 0.29) is 6.42 Å². The fourth-order valence-corrected chi connectivity index (χ4v) is 2.36. The van der Waals surface area contributed by atoms with Gasteiger partial charge in [-0.3, -0.25) is 4.79 Å². The zero-order valence-electron chi connectivity index (χ0n) is 10.7. The molecule has 2 rings (SSSR count). The molecule has 1 aliphatic heterocycles. The lowest BCUT2D eigenvalue weighted by molar-refractivity contribution is -0.137. The minimum Gasteiger partial charge on any atom is -0.481 e. The molecule has 0 aliphatic carbocycles. The van der Waals surface area contributed by atoms with Gasteiger partial charge in [0.05, 0.1) is 0 Å². The molecule has 2 heterocycles. The molecule has 1 fully saturated rings. The standard InChI is InChI=1S/C13H19N3O2/c1-2-11-7-12(15-9-14-11)16-6-5-10(8-16)3-4-13(17)18/h7,9-10H,2-6,8H2,1H3,(H,17,18). The van der Waals surface area contributed by atoms with Crippen LogP contribution in [0.3, 0.4) is 0 Å². The molecule has 0 bridgehead atoms. The Morgan fingerprint density at radius 3 is 3.11 bits per heavy atom. The maximum atomic E-state index is 10.6. The SMILES string of the molecule is CCc1cc(N2CCC(CCC(=O)O)C2)ncn1. The van der Waals surface area contributed by atoms with Crippen LogP contribution in [-0.2, 0) is 11.2 Å². The van der Waals surface area contributed by atoms with Gasteiger partial charge in [-0.25, -0.2) is 9.97 Å². The van der Waals surface area contributed by atoms with Crippen molar-refractivity contribution in [3.8, 4) is 0 Å². The quantitative estimate of drug-likeness (QED) is 0.860. The molecule has 1 N–H and O–H groups in total. The molecule has 5 heteroatoms. The topological polar surface area (TPSA) is 66.3 Å². The van der Waals surface area contributed by atoms with Crippen LogP contribution in [0.4, 0.5) is 5.82 Å². The van der Waals surface area contributed by atoms with Crippen molar-refractivity contribution in [3.05, 3.63) is 18.1 Å². The zero-order valence-corrected chi connectivity index (χ0v) is 10.7. The van der Waals surface area contributed by atoms with Gasteiger partial charge in [0.1, 0.15) is 12.1 Å². The zero-order chi connectivity index (χ0) is 13.0. The summed E-state index contributed by atoms with van der Waals surface area (Å²) in [7, 11) is 0. The van der Waals surface area contributed by atoms with E-state index >= 15 is 0 Å². The van der Waals surface area contributed by atoms with Gasteiger partial charge < -0.3 is 10.0 Å². The van der Waals surface area contributed by atoms with Crippen molar-refractivity contribution in [3.63, 3.8) is 0 Å². The summed E-state index contributed by atoms with van der Waals surface area (Å²) < 4.78 is 0. The minimum absolute atomic E-state index is 0.266. The number of nitrogens with zero attached hydrogens (tertiary/aromatic N) is 3. The number of rotatable bonds is 5. The Labute approximate surface area is 107 Å². The third-order valence-corrected chi connectivity index (χ3v) is 3.45. The first-order chi connectivity index (χ1) is 8.69. The number of carbonyl (C=O) groups is 1. The Morgan fingerprint density at radius 2 is 2.39 bits per heavy atom. The van der Waals surface area contributed by atoms with E-state index in [2.05, 4.69) is 21.8 Å². The van der Waals surface area contributed by atoms with Crippen LogP contribution in [0.5, 0.6) is 0 Å². The Kier molecular flexibility index (Phi) is 4.12. The second-order valence-corrected chi connectivity index (χ2v) is 4.75. The summed E-state index contributed by atoms with van der Waals surface area (Å²) in [5, 5.41) is 8.69. The van der Waals surface area contributed by atoms with Gasteiger partial charge in [-0.05, 0) is 25.2 Å². The van der Waals surface area contributed by atoms with E-state index in [0.29, 0.717) is 5.92 Å². The van der Waals surface area contributed by atoms with Crippen LogP contribution < -0.4 is 4.90 Å². The highest BCUT2D eigenvalue weighted by Crippen LogP contribution is 2.25. The molecule has 5 nitrogen and oxygen atoms in total. The van der Waals surface area contributed by atoms with Gasteiger partial charge in [0.25, 0.3) is 0 Å². The molecule has 18 heavy (non-hydrogen) atoms. The second-order valence-electron chi connectivity index (χ2n) is 4.75. The molecular formula is C13H19N3O2. The summed E-state index contributed by atoms with van der Waals surface area (Å²) in [6, 6.07) is 2.03. The smallest absolute Gasteiger partial charge is 0.303 e. The van der Waals surface area contributed by atoms with Crippen LogP contribution in [0, 0.1) is 5.92 Å². The number of aryl methyl sites for hydroxylation is 1. The number of aromatic nitrogens is 2. The summed E-state index contributed by atoms with van der Waals surface area (Å²) in [6.07, 6.45) is 4.60. The van der Waals surface area contributed by atoms with E-state index in [4.69, 9.17) is 5.11 Å². The van der Waals surface area contributed by atoms with Gasteiger partial charge >= 0.3 is 5.97 Å². The summed E-state index contributed by atoms with van der Waals surface area (Å²) in [4.78, 5) is 21.3. The fourth-order valence-electron chi connectivity index (χ4n) is 2.36.